The van der Waals surface area contributed by atoms with Crippen molar-refractivity contribution >= 4 is 16.7 Å². The fraction of sp³-hybridized carbons (Fsp3) is 0.0909. The largest absolute Gasteiger partial charge is 0.316 e. The molecule has 0 aliphatic carbocycles. The number of aryl methyl sites for hydroxylation is 1. The van der Waals surface area contributed by atoms with Gasteiger partial charge in [0.15, 0.2) is 12.4 Å². The Kier molecular flexibility index (Phi) is 3.90. The van der Waals surface area contributed by atoms with E-state index in [9.17, 15) is 4.79 Å². The Labute approximate surface area is 146 Å². The Morgan fingerprint density at radius 2 is 1.72 bits per heavy atom. The Hall–Kier alpha value is -3.20. The standard InChI is InChI=1S/C22H19N2O/c1-17-7-9-18(10-8-17)22(25)16-23-13-12-21-19(15-23)11-14-24(21)20-5-3-2-4-6-20/h2-15H,16H2,1H3/q+1. The summed E-state index contributed by atoms with van der Waals surface area (Å²) in [6.07, 6.45) is 6.06. The molecule has 3 heteroatoms. The minimum atomic E-state index is 0.117. The predicted octanol–water partition coefficient (Wildman–Crippen LogP) is 4.11. The third-order valence-corrected chi connectivity index (χ3v) is 4.42. The van der Waals surface area contributed by atoms with E-state index >= 15 is 0 Å². The van der Waals surface area contributed by atoms with E-state index in [2.05, 4.69) is 35.0 Å². The number of aromatic nitrogens is 2. The van der Waals surface area contributed by atoms with Crippen LogP contribution in [0.3, 0.4) is 0 Å². The van der Waals surface area contributed by atoms with Gasteiger partial charge in [-0.15, -0.1) is 0 Å². The summed E-state index contributed by atoms with van der Waals surface area (Å²) >= 11 is 0. The number of hydrogen-bond acceptors (Lipinski definition) is 1. The molecule has 0 N–H and O–H groups in total. The topological polar surface area (TPSA) is 25.9 Å². The van der Waals surface area contributed by atoms with Crippen molar-refractivity contribution in [2.24, 2.45) is 0 Å². The van der Waals surface area contributed by atoms with Gasteiger partial charge >= 0.3 is 0 Å². The SMILES string of the molecule is Cc1ccc(C(=O)C[n+]2ccc3c(ccn3-c3ccccc3)c2)cc1. The lowest BCUT2D eigenvalue weighted by Crippen LogP contribution is -2.37. The van der Waals surface area contributed by atoms with E-state index in [1.54, 1.807) is 0 Å². The number of benzene rings is 2. The van der Waals surface area contributed by atoms with Gasteiger partial charge in [0.2, 0.25) is 12.3 Å². The molecule has 122 valence electrons. The fourth-order valence-corrected chi connectivity index (χ4v) is 3.04. The molecule has 0 spiro atoms. The van der Waals surface area contributed by atoms with Crippen molar-refractivity contribution in [1.29, 1.82) is 0 Å². The second-order valence-electron chi connectivity index (χ2n) is 6.27. The molecule has 0 aliphatic rings. The second kappa shape index (κ2) is 6.36. The molecule has 0 atom stereocenters. The summed E-state index contributed by atoms with van der Waals surface area (Å²) in [5.74, 6) is 0.117. The molecule has 0 saturated carbocycles. The van der Waals surface area contributed by atoms with E-state index in [4.69, 9.17) is 0 Å². The van der Waals surface area contributed by atoms with E-state index in [-0.39, 0.29) is 5.78 Å². The van der Waals surface area contributed by atoms with E-state index in [1.165, 1.54) is 0 Å². The number of para-hydroxylation sites is 1. The number of pyridine rings is 1. The van der Waals surface area contributed by atoms with Crippen LogP contribution in [0, 0.1) is 6.92 Å². The van der Waals surface area contributed by atoms with E-state index in [0.717, 1.165) is 27.7 Å². The molecule has 0 saturated heterocycles. The molecule has 0 aliphatic heterocycles. The molecule has 3 nitrogen and oxygen atoms in total. The number of Topliss-reactive ketones (excluding diaryl/α,β-unsaturated/α-hetero) is 1. The normalized spacial score (nSPS) is 10.9. The zero-order valence-electron chi connectivity index (χ0n) is 14.1. The second-order valence-corrected chi connectivity index (χ2v) is 6.27. The molecular formula is C22H19N2O+. The number of hydrogen-bond donors (Lipinski definition) is 0. The van der Waals surface area contributed by atoms with Crippen molar-refractivity contribution in [2.45, 2.75) is 13.5 Å². The molecule has 0 bridgehead atoms. The highest BCUT2D eigenvalue weighted by atomic mass is 16.1. The van der Waals surface area contributed by atoms with Gasteiger partial charge < -0.3 is 4.57 Å². The molecule has 0 unspecified atom stereocenters. The minimum Gasteiger partial charge on any atom is -0.316 e. The van der Waals surface area contributed by atoms with E-state index < -0.39 is 0 Å². The lowest BCUT2D eigenvalue weighted by molar-refractivity contribution is -0.681. The van der Waals surface area contributed by atoms with Gasteiger partial charge in [0, 0.05) is 23.5 Å². The van der Waals surface area contributed by atoms with Crippen molar-refractivity contribution in [3.63, 3.8) is 0 Å². The van der Waals surface area contributed by atoms with Crippen LogP contribution in [0.5, 0.6) is 0 Å². The lowest BCUT2D eigenvalue weighted by Gasteiger charge is -2.04. The minimum absolute atomic E-state index is 0.117. The smallest absolute Gasteiger partial charge is 0.227 e. The van der Waals surface area contributed by atoms with Crippen molar-refractivity contribution in [3.05, 3.63) is 96.4 Å². The Morgan fingerprint density at radius 1 is 0.960 bits per heavy atom. The highest BCUT2D eigenvalue weighted by molar-refractivity contribution is 5.95. The summed E-state index contributed by atoms with van der Waals surface area (Å²) in [5.41, 5.74) is 4.17. The Balaban J connectivity index is 1.62. The van der Waals surface area contributed by atoms with Gasteiger partial charge in [0.1, 0.15) is 0 Å². The Bertz CT molecular complexity index is 1030. The van der Waals surface area contributed by atoms with Crippen LogP contribution in [0.4, 0.5) is 0 Å². The number of ketones is 1. The first-order chi connectivity index (χ1) is 12.2. The third-order valence-electron chi connectivity index (χ3n) is 4.42. The average Bonchev–Trinajstić information content (AvgIpc) is 3.06. The van der Waals surface area contributed by atoms with Gasteiger partial charge in [-0.2, -0.15) is 4.57 Å². The maximum absolute atomic E-state index is 12.5. The summed E-state index contributed by atoms with van der Waals surface area (Å²) in [7, 11) is 0. The highest BCUT2D eigenvalue weighted by Crippen LogP contribution is 2.18. The number of carbonyl (C=O) groups excluding carboxylic acids is 1. The van der Waals surface area contributed by atoms with Crippen molar-refractivity contribution in [1.82, 2.24) is 4.57 Å². The summed E-state index contributed by atoms with van der Waals surface area (Å²) in [6.45, 7) is 2.36. The van der Waals surface area contributed by atoms with Crippen LogP contribution < -0.4 is 4.57 Å². The molecular weight excluding hydrogens is 308 g/mol. The highest BCUT2D eigenvalue weighted by Gasteiger charge is 2.14. The molecule has 2 heterocycles. The number of carbonyl (C=O) groups is 1. The van der Waals surface area contributed by atoms with Gasteiger partial charge in [0.05, 0.1) is 10.9 Å². The Morgan fingerprint density at radius 3 is 2.48 bits per heavy atom. The molecule has 25 heavy (non-hydrogen) atoms. The van der Waals surface area contributed by atoms with Crippen molar-refractivity contribution < 1.29 is 9.36 Å². The van der Waals surface area contributed by atoms with E-state index in [1.807, 2.05) is 66.3 Å². The molecule has 2 aromatic heterocycles. The van der Waals surface area contributed by atoms with Crippen LogP contribution >= 0.6 is 0 Å². The van der Waals surface area contributed by atoms with Crippen LogP contribution in [-0.4, -0.2) is 10.4 Å². The molecule has 0 amide bonds. The summed E-state index contributed by atoms with van der Waals surface area (Å²) in [4.78, 5) is 12.5. The molecule has 0 fully saturated rings. The van der Waals surface area contributed by atoms with Gasteiger partial charge in [-0.1, -0.05) is 48.0 Å². The monoisotopic (exact) mass is 327 g/mol. The lowest BCUT2D eigenvalue weighted by atomic mass is 10.1. The maximum atomic E-state index is 12.5. The summed E-state index contributed by atoms with van der Waals surface area (Å²) in [6, 6.07) is 22.1. The summed E-state index contributed by atoms with van der Waals surface area (Å²) < 4.78 is 4.10. The summed E-state index contributed by atoms with van der Waals surface area (Å²) in [5, 5.41) is 1.11. The van der Waals surface area contributed by atoms with Crippen LogP contribution in [-0.2, 0) is 6.54 Å². The number of rotatable bonds is 4. The van der Waals surface area contributed by atoms with Crippen LogP contribution in [0.25, 0.3) is 16.6 Å². The first-order valence-corrected chi connectivity index (χ1v) is 8.36. The number of fused-ring (bicyclic) bond motifs is 1. The molecule has 4 rings (SSSR count). The fourth-order valence-electron chi connectivity index (χ4n) is 3.04. The van der Waals surface area contributed by atoms with Gasteiger partial charge in [-0.25, -0.2) is 0 Å². The molecule has 4 aromatic rings. The zero-order valence-corrected chi connectivity index (χ0v) is 14.1. The van der Waals surface area contributed by atoms with Crippen molar-refractivity contribution in [2.75, 3.05) is 0 Å². The average molecular weight is 327 g/mol. The van der Waals surface area contributed by atoms with Gasteiger partial charge in [-0.05, 0) is 25.1 Å². The first-order valence-electron chi connectivity index (χ1n) is 8.36. The van der Waals surface area contributed by atoms with Crippen LogP contribution in [0.1, 0.15) is 15.9 Å². The predicted molar refractivity (Wildman–Crippen MR) is 99.0 cm³/mol. The van der Waals surface area contributed by atoms with Gasteiger partial charge in [0.25, 0.3) is 0 Å². The first kappa shape index (κ1) is 15.3. The molecule has 0 radical (unpaired) electrons. The van der Waals surface area contributed by atoms with Gasteiger partial charge in [-0.3, -0.25) is 4.79 Å². The van der Waals surface area contributed by atoms with Crippen LogP contribution in [0.2, 0.25) is 0 Å². The van der Waals surface area contributed by atoms with E-state index in [0.29, 0.717) is 6.54 Å². The maximum Gasteiger partial charge on any atom is 0.227 e. The zero-order chi connectivity index (χ0) is 17.2. The third kappa shape index (κ3) is 3.09. The quantitative estimate of drug-likeness (QED) is 0.409. The number of nitrogens with zero attached hydrogens (tertiary/aromatic N) is 2. The van der Waals surface area contributed by atoms with Crippen LogP contribution in [0.15, 0.2) is 85.3 Å². The molecule has 2 aromatic carbocycles. The van der Waals surface area contributed by atoms with Crippen molar-refractivity contribution in [3.8, 4) is 5.69 Å².